The Kier molecular flexibility index (Phi) is 5.95. The monoisotopic (exact) mass is 509 g/mol. The molecule has 1 fully saturated rings. The Morgan fingerprint density at radius 2 is 1.76 bits per heavy atom. The van der Waals surface area contributed by atoms with Gasteiger partial charge in [-0.2, -0.15) is 0 Å². The summed E-state index contributed by atoms with van der Waals surface area (Å²) in [7, 11) is 0. The predicted molar refractivity (Wildman–Crippen MR) is 134 cm³/mol. The molecule has 2 aliphatic heterocycles. The minimum Gasteiger partial charge on any atom is -0.364 e. The second kappa shape index (κ2) is 8.45. The number of fused-ring (bicyclic) bond motifs is 1. The summed E-state index contributed by atoms with van der Waals surface area (Å²) in [5.74, 6) is -0.990. The lowest BCUT2D eigenvalue weighted by molar-refractivity contribution is -0.122. The first-order valence-electron chi connectivity index (χ1n) is 11.1. The Bertz CT molecular complexity index is 1170. The summed E-state index contributed by atoms with van der Waals surface area (Å²) in [5, 5.41) is 2.29. The lowest BCUT2D eigenvalue weighted by atomic mass is 9.78. The van der Waals surface area contributed by atoms with E-state index in [-0.39, 0.29) is 11.1 Å². The summed E-state index contributed by atoms with van der Waals surface area (Å²) in [4.78, 5) is 41.6. The van der Waals surface area contributed by atoms with Crippen LogP contribution in [0.2, 0.25) is 0 Å². The van der Waals surface area contributed by atoms with Crippen molar-refractivity contribution in [3.63, 3.8) is 0 Å². The molecule has 0 unspecified atom stereocenters. The van der Waals surface area contributed by atoms with Gasteiger partial charge in [0.15, 0.2) is 0 Å². The molecule has 2 aliphatic rings. The molecule has 0 aliphatic carbocycles. The van der Waals surface area contributed by atoms with Crippen LogP contribution in [0.4, 0.5) is 16.2 Å². The molecule has 0 radical (unpaired) electrons. The second-order valence-corrected chi connectivity index (χ2v) is 10.5. The number of hydrogen-bond acceptors (Lipinski definition) is 4. The number of nitrogens with one attached hydrogen (secondary N) is 1. The number of benzene rings is 2. The van der Waals surface area contributed by atoms with E-state index in [2.05, 4.69) is 72.9 Å². The van der Waals surface area contributed by atoms with Crippen LogP contribution in [0.5, 0.6) is 0 Å². The number of halogens is 1. The number of hydrogen-bond donors (Lipinski definition) is 1. The third-order valence-electron chi connectivity index (χ3n) is 6.31. The molecule has 2 aromatic carbocycles. The Morgan fingerprint density at radius 3 is 2.39 bits per heavy atom. The molecule has 1 N–H and O–H groups in total. The fourth-order valence-corrected chi connectivity index (χ4v) is 5.45. The standard InChI is InChI=1S/C26H28BrN3O3/c1-15(2)30-22-11-6-17(12-20(22)16(3)14-26(30,4)5)13-21-23(31)28-25(33)29(24(21)32)19-9-7-18(27)8-10-19/h6-13,15-16H,14H2,1-5H3,(H,28,31,33)/b21-13+/t16-/m1/s1. The van der Waals surface area contributed by atoms with Gasteiger partial charge in [0.05, 0.1) is 5.69 Å². The van der Waals surface area contributed by atoms with Gasteiger partial charge in [0.25, 0.3) is 11.8 Å². The van der Waals surface area contributed by atoms with Gasteiger partial charge in [-0.3, -0.25) is 14.9 Å². The van der Waals surface area contributed by atoms with Crippen LogP contribution < -0.4 is 15.1 Å². The lowest BCUT2D eigenvalue weighted by Gasteiger charge is -2.50. The van der Waals surface area contributed by atoms with E-state index in [1.807, 2.05) is 6.07 Å². The van der Waals surface area contributed by atoms with E-state index < -0.39 is 17.8 Å². The summed E-state index contributed by atoms with van der Waals surface area (Å²) in [6, 6.07) is 12.4. The number of amides is 4. The van der Waals surface area contributed by atoms with Gasteiger partial charge in [-0.15, -0.1) is 0 Å². The number of rotatable bonds is 3. The number of carbonyl (C=O) groups excluding carboxylic acids is 3. The fraction of sp³-hybridized carbons (Fsp3) is 0.346. The van der Waals surface area contributed by atoms with Gasteiger partial charge in [0, 0.05) is 21.7 Å². The molecule has 4 amide bonds. The predicted octanol–water partition coefficient (Wildman–Crippen LogP) is 5.62. The number of urea groups is 1. The van der Waals surface area contributed by atoms with Crippen molar-refractivity contribution in [1.82, 2.24) is 5.32 Å². The average Bonchev–Trinajstić information content (AvgIpc) is 2.71. The second-order valence-electron chi connectivity index (χ2n) is 9.63. The van der Waals surface area contributed by atoms with Crippen LogP contribution in [-0.4, -0.2) is 29.4 Å². The van der Waals surface area contributed by atoms with Crippen LogP contribution in [0.1, 0.15) is 58.1 Å². The molecule has 2 aromatic rings. The molecule has 2 heterocycles. The third-order valence-corrected chi connectivity index (χ3v) is 6.84. The number of carbonyl (C=O) groups is 3. The zero-order valence-electron chi connectivity index (χ0n) is 19.5. The molecule has 0 saturated carbocycles. The van der Waals surface area contributed by atoms with Crippen molar-refractivity contribution in [2.75, 3.05) is 9.80 Å². The number of anilines is 2. The van der Waals surface area contributed by atoms with Gasteiger partial charge < -0.3 is 4.90 Å². The highest BCUT2D eigenvalue weighted by Crippen LogP contribution is 2.44. The minimum absolute atomic E-state index is 0.0331. The SMILES string of the molecule is CC(C)N1c2ccc(/C=C3\C(=O)NC(=O)N(c4ccc(Br)cc4)C3=O)cc2[C@H](C)CC1(C)C. The van der Waals surface area contributed by atoms with E-state index in [4.69, 9.17) is 0 Å². The van der Waals surface area contributed by atoms with Crippen molar-refractivity contribution < 1.29 is 14.4 Å². The van der Waals surface area contributed by atoms with Gasteiger partial charge in [-0.25, -0.2) is 9.69 Å². The summed E-state index contributed by atoms with van der Waals surface area (Å²) < 4.78 is 0.824. The van der Waals surface area contributed by atoms with Crippen LogP contribution >= 0.6 is 15.9 Å². The molecule has 4 rings (SSSR count). The zero-order valence-corrected chi connectivity index (χ0v) is 21.1. The van der Waals surface area contributed by atoms with Gasteiger partial charge >= 0.3 is 6.03 Å². The Balaban J connectivity index is 1.73. The van der Waals surface area contributed by atoms with Gasteiger partial charge in [0.2, 0.25) is 0 Å². The van der Waals surface area contributed by atoms with Gasteiger partial charge in [-0.05, 0) is 93.6 Å². The highest BCUT2D eigenvalue weighted by Gasteiger charge is 2.39. The van der Waals surface area contributed by atoms with E-state index in [0.717, 1.165) is 21.4 Å². The van der Waals surface area contributed by atoms with Gasteiger partial charge in [0.1, 0.15) is 5.57 Å². The van der Waals surface area contributed by atoms with Crippen molar-refractivity contribution in [2.24, 2.45) is 0 Å². The largest absolute Gasteiger partial charge is 0.364 e. The summed E-state index contributed by atoms with van der Waals surface area (Å²) in [6.45, 7) is 11.1. The maximum absolute atomic E-state index is 13.2. The number of barbiturate groups is 1. The lowest BCUT2D eigenvalue weighted by Crippen LogP contribution is -2.54. The van der Waals surface area contributed by atoms with E-state index in [0.29, 0.717) is 17.6 Å². The first-order chi connectivity index (χ1) is 15.5. The maximum Gasteiger partial charge on any atom is 0.335 e. The van der Waals surface area contributed by atoms with Crippen LogP contribution in [0.3, 0.4) is 0 Å². The molecule has 0 aromatic heterocycles. The van der Waals surface area contributed by atoms with Crippen molar-refractivity contribution in [2.45, 2.75) is 58.5 Å². The number of imide groups is 2. The molecule has 7 heteroatoms. The molecule has 6 nitrogen and oxygen atoms in total. The topological polar surface area (TPSA) is 69.7 Å². The van der Waals surface area contributed by atoms with E-state index >= 15 is 0 Å². The van der Waals surface area contributed by atoms with Crippen molar-refractivity contribution in [1.29, 1.82) is 0 Å². The molecule has 172 valence electrons. The Labute approximate surface area is 202 Å². The molecular weight excluding hydrogens is 482 g/mol. The molecule has 0 bridgehead atoms. The van der Waals surface area contributed by atoms with Crippen molar-refractivity contribution >= 4 is 51.2 Å². The Morgan fingerprint density at radius 1 is 1.09 bits per heavy atom. The summed E-state index contributed by atoms with van der Waals surface area (Å²) in [6.07, 6.45) is 2.58. The highest BCUT2D eigenvalue weighted by molar-refractivity contribution is 9.10. The molecule has 33 heavy (non-hydrogen) atoms. The third kappa shape index (κ3) is 4.22. The molecule has 1 saturated heterocycles. The first kappa shape index (κ1) is 23.2. The smallest absolute Gasteiger partial charge is 0.335 e. The highest BCUT2D eigenvalue weighted by atomic mass is 79.9. The maximum atomic E-state index is 13.2. The molecular formula is C26H28BrN3O3. The number of nitrogens with zero attached hydrogens (tertiary/aromatic N) is 2. The zero-order chi connectivity index (χ0) is 24.1. The normalized spacial score (nSPS) is 21.5. The first-order valence-corrected chi connectivity index (χ1v) is 11.9. The fourth-order valence-electron chi connectivity index (χ4n) is 5.19. The van der Waals surface area contributed by atoms with Crippen LogP contribution in [-0.2, 0) is 9.59 Å². The minimum atomic E-state index is -0.752. The summed E-state index contributed by atoms with van der Waals surface area (Å²) >= 11 is 3.35. The van der Waals surface area contributed by atoms with Crippen molar-refractivity contribution in [3.8, 4) is 0 Å². The molecule has 0 spiro atoms. The van der Waals surface area contributed by atoms with E-state index in [1.165, 1.54) is 11.3 Å². The van der Waals surface area contributed by atoms with Crippen LogP contribution in [0.25, 0.3) is 6.08 Å². The van der Waals surface area contributed by atoms with E-state index in [1.54, 1.807) is 30.3 Å². The average molecular weight is 510 g/mol. The quantitative estimate of drug-likeness (QED) is 0.430. The summed E-state index contributed by atoms with van der Waals surface area (Å²) in [5.41, 5.74) is 3.50. The van der Waals surface area contributed by atoms with Crippen LogP contribution in [0.15, 0.2) is 52.5 Å². The van der Waals surface area contributed by atoms with Crippen molar-refractivity contribution in [3.05, 3.63) is 63.6 Å². The van der Waals surface area contributed by atoms with Crippen LogP contribution in [0, 0.1) is 0 Å². The Hall–Kier alpha value is -2.93. The molecule has 1 atom stereocenters. The van der Waals surface area contributed by atoms with Gasteiger partial charge in [-0.1, -0.05) is 28.9 Å². The van der Waals surface area contributed by atoms with E-state index in [9.17, 15) is 14.4 Å².